The van der Waals surface area contributed by atoms with Gasteiger partial charge in [0.2, 0.25) is 0 Å². The number of hydrogen-bond acceptors (Lipinski definition) is 2. The molecule has 0 aliphatic heterocycles. The normalized spacial score (nSPS) is 8.45. The van der Waals surface area contributed by atoms with Crippen LogP contribution in [0.25, 0.3) is 0 Å². The molecule has 0 amide bonds. The molecule has 1 aromatic rings. The molecule has 0 saturated carbocycles. The Morgan fingerprint density at radius 3 is 3.18 bits per heavy atom. The fourth-order valence-electron chi connectivity index (χ4n) is 0.660. The second kappa shape index (κ2) is 3.57. The predicted octanol–water partition coefficient (Wildman–Crippen LogP) is 0.267. The van der Waals surface area contributed by atoms with Crippen LogP contribution in [0.5, 0.6) is 0 Å². The van der Waals surface area contributed by atoms with Crippen molar-refractivity contribution < 1.29 is 0 Å². The third-order valence-corrected chi connectivity index (χ3v) is 1.19. The lowest BCUT2D eigenvalue weighted by molar-refractivity contribution is 0.662. The van der Waals surface area contributed by atoms with Crippen LogP contribution in [0.4, 0.5) is 0 Å². The van der Waals surface area contributed by atoms with Gasteiger partial charge in [0.15, 0.2) is 0 Å². The topological polar surface area (TPSA) is 34.9 Å². The van der Waals surface area contributed by atoms with Crippen molar-refractivity contribution in [3.05, 3.63) is 28.7 Å². The highest BCUT2D eigenvalue weighted by Crippen LogP contribution is 1.73. The molecule has 0 unspecified atom stereocenters. The standard InChI is InChI=1S/C8H8N2O/c1-2-3-7-10-8(11)5-4-6-9-10/h4-6H,7H2,1H3. The summed E-state index contributed by atoms with van der Waals surface area (Å²) >= 11 is 0. The van der Waals surface area contributed by atoms with Gasteiger partial charge >= 0.3 is 0 Å². The molecule has 0 radical (unpaired) electrons. The van der Waals surface area contributed by atoms with E-state index in [1.807, 2.05) is 0 Å². The molecule has 0 saturated heterocycles. The Balaban J connectivity index is 2.92. The molecule has 1 rings (SSSR count). The van der Waals surface area contributed by atoms with E-state index in [2.05, 4.69) is 16.9 Å². The average molecular weight is 148 g/mol. The molecule has 0 spiro atoms. The minimum atomic E-state index is -0.116. The van der Waals surface area contributed by atoms with Crippen molar-refractivity contribution in [3.8, 4) is 11.8 Å². The molecule has 0 aliphatic carbocycles. The minimum absolute atomic E-state index is 0.116. The first-order valence-electron chi connectivity index (χ1n) is 3.26. The molecule has 1 heterocycles. The van der Waals surface area contributed by atoms with E-state index >= 15 is 0 Å². The zero-order chi connectivity index (χ0) is 8.10. The van der Waals surface area contributed by atoms with Gasteiger partial charge in [-0.15, -0.1) is 5.92 Å². The smallest absolute Gasteiger partial charge is 0.267 e. The van der Waals surface area contributed by atoms with Crippen LogP contribution in [0.1, 0.15) is 6.92 Å². The van der Waals surface area contributed by atoms with E-state index in [-0.39, 0.29) is 5.56 Å². The van der Waals surface area contributed by atoms with Crippen molar-refractivity contribution in [2.75, 3.05) is 0 Å². The number of nitrogens with zero attached hydrogens (tertiary/aromatic N) is 2. The lowest BCUT2D eigenvalue weighted by atomic mass is 10.5. The van der Waals surface area contributed by atoms with Crippen molar-refractivity contribution in [1.29, 1.82) is 0 Å². The van der Waals surface area contributed by atoms with Crippen LogP contribution in [0, 0.1) is 11.8 Å². The lowest BCUT2D eigenvalue weighted by Gasteiger charge is -1.94. The summed E-state index contributed by atoms with van der Waals surface area (Å²) < 4.78 is 1.32. The Bertz CT molecular complexity index is 343. The summed E-state index contributed by atoms with van der Waals surface area (Å²) in [7, 11) is 0. The molecule has 0 aromatic carbocycles. The van der Waals surface area contributed by atoms with Crippen LogP contribution in [0.2, 0.25) is 0 Å². The second-order valence-corrected chi connectivity index (χ2v) is 1.95. The van der Waals surface area contributed by atoms with E-state index in [9.17, 15) is 4.79 Å². The summed E-state index contributed by atoms with van der Waals surface area (Å²) in [5, 5.41) is 3.82. The zero-order valence-electron chi connectivity index (χ0n) is 6.24. The van der Waals surface area contributed by atoms with Gasteiger partial charge in [0, 0.05) is 12.3 Å². The summed E-state index contributed by atoms with van der Waals surface area (Å²) in [6.45, 7) is 2.10. The van der Waals surface area contributed by atoms with E-state index < -0.39 is 0 Å². The summed E-state index contributed by atoms with van der Waals surface area (Å²) in [5.74, 6) is 5.45. The Morgan fingerprint density at radius 2 is 2.55 bits per heavy atom. The minimum Gasteiger partial charge on any atom is -0.268 e. The van der Waals surface area contributed by atoms with Crippen LogP contribution >= 0.6 is 0 Å². The van der Waals surface area contributed by atoms with Crippen LogP contribution in [-0.2, 0) is 6.54 Å². The van der Waals surface area contributed by atoms with Crippen LogP contribution in [0.3, 0.4) is 0 Å². The summed E-state index contributed by atoms with van der Waals surface area (Å²) in [6.07, 6.45) is 1.57. The average Bonchev–Trinajstić information content (AvgIpc) is 2.03. The monoisotopic (exact) mass is 148 g/mol. The van der Waals surface area contributed by atoms with Crippen LogP contribution < -0.4 is 5.56 Å². The maximum absolute atomic E-state index is 11.0. The predicted molar refractivity (Wildman–Crippen MR) is 41.9 cm³/mol. The third kappa shape index (κ3) is 1.94. The fourth-order valence-corrected chi connectivity index (χ4v) is 0.660. The maximum atomic E-state index is 11.0. The number of hydrogen-bond donors (Lipinski definition) is 0. The Hall–Kier alpha value is -1.56. The SMILES string of the molecule is CC#CCn1ncccc1=O. The van der Waals surface area contributed by atoms with Gasteiger partial charge in [-0.25, -0.2) is 4.68 Å². The van der Waals surface area contributed by atoms with Gasteiger partial charge in [-0.3, -0.25) is 4.79 Å². The van der Waals surface area contributed by atoms with Gasteiger partial charge in [0.05, 0.1) is 0 Å². The highest BCUT2D eigenvalue weighted by atomic mass is 16.1. The van der Waals surface area contributed by atoms with Gasteiger partial charge in [-0.2, -0.15) is 5.10 Å². The Labute approximate surface area is 64.7 Å². The van der Waals surface area contributed by atoms with E-state index in [1.54, 1.807) is 19.2 Å². The van der Waals surface area contributed by atoms with Crippen molar-refractivity contribution in [1.82, 2.24) is 9.78 Å². The van der Waals surface area contributed by atoms with Gasteiger partial charge in [-0.05, 0) is 13.0 Å². The second-order valence-electron chi connectivity index (χ2n) is 1.95. The van der Waals surface area contributed by atoms with Crippen molar-refractivity contribution in [3.63, 3.8) is 0 Å². The van der Waals surface area contributed by atoms with Gasteiger partial charge in [-0.1, -0.05) is 5.92 Å². The molecular weight excluding hydrogens is 140 g/mol. The van der Waals surface area contributed by atoms with Gasteiger partial charge in [0.1, 0.15) is 6.54 Å². The Morgan fingerprint density at radius 1 is 1.73 bits per heavy atom. The first-order chi connectivity index (χ1) is 5.34. The number of aromatic nitrogens is 2. The highest BCUT2D eigenvalue weighted by Gasteiger charge is 1.88. The molecule has 1 aromatic heterocycles. The largest absolute Gasteiger partial charge is 0.268 e. The molecule has 0 bridgehead atoms. The molecule has 11 heavy (non-hydrogen) atoms. The molecule has 0 aliphatic rings. The molecule has 3 heteroatoms. The van der Waals surface area contributed by atoms with Crippen LogP contribution in [0.15, 0.2) is 23.1 Å². The first kappa shape index (κ1) is 7.55. The molecule has 0 fully saturated rings. The molecule has 56 valence electrons. The molecule has 0 atom stereocenters. The van der Waals surface area contributed by atoms with Gasteiger partial charge in [0.25, 0.3) is 5.56 Å². The van der Waals surface area contributed by atoms with Crippen LogP contribution in [-0.4, -0.2) is 9.78 Å². The van der Waals surface area contributed by atoms with Crippen molar-refractivity contribution in [2.45, 2.75) is 13.5 Å². The van der Waals surface area contributed by atoms with E-state index in [0.717, 1.165) is 0 Å². The first-order valence-corrected chi connectivity index (χ1v) is 3.26. The number of rotatable bonds is 1. The van der Waals surface area contributed by atoms with E-state index in [0.29, 0.717) is 6.54 Å². The summed E-state index contributed by atoms with van der Waals surface area (Å²) in [4.78, 5) is 11.0. The van der Waals surface area contributed by atoms with E-state index in [1.165, 1.54) is 10.7 Å². The fraction of sp³-hybridized carbons (Fsp3) is 0.250. The Kier molecular flexibility index (Phi) is 2.45. The zero-order valence-corrected chi connectivity index (χ0v) is 6.24. The molecule has 0 N–H and O–H groups in total. The third-order valence-electron chi connectivity index (χ3n) is 1.19. The molecular formula is C8H8N2O. The van der Waals surface area contributed by atoms with Crippen molar-refractivity contribution >= 4 is 0 Å². The maximum Gasteiger partial charge on any atom is 0.267 e. The van der Waals surface area contributed by atoms with Crippen molar-refractivity contribution in [2.24, 2.45) is 0 Å². The highest BCUT2D eigenvalue weighted by molar-refractivity contribution is 4.96. The van der Waals surface area contributed by atoms with Gasteiger partial charge < -0.3 is 0 Å². The quantitative estimate of drug-likeness (QED) is 0.536. The lowest BCUT2D eigenvalue weighted by Crippen LogP contribution is -2.20. The summed E-state index contributed by atoms with van der Waals surface area (Å²) in [6, 6.07) is 3.07. The summed E-state index contributed by atoms with van der Waals surface area (Å²) in [5.41, 5.74) is -0.116. The van der Waals surface area contributed by atoms with E-state index in [4.69, 9.17) is 0 Å². The molecule has 3 nitrogen and oxygen atoms in total.